The number of aromatic nitrogens is 2. The number of likely N-dealkylation sites (N-methyl/N-ethyl adjacent to an activating group) is 1. The molecule has 0 aromatic carbocycles. The van der Waals surface area contributed by atoms with Crippen LogP contribution in [0.25, 0.3) is 5.65 Å². The van der Waals surface area contributed by atoms with E-state index in [1.165, 1.54) is 5.69 Å². The minimum atomic E-state index is 0.976. The lowest BCUT2D eigenvalue weighted by molar-refractivity contribution is 0.771. The molecule has 0 fully saturated rings. The fourth-order valence-electron chi connectivity index (χ4n) is 1.45. The summed E-state index contributed by atoms with van der Waals surface area (Å²) in [6.07, 6.45) is 4.97. The van der Waals surface area contributed by atoms with Crippen molar-refractivity contribution >= 4 is 21.6 Å². The average molecular weight is 254 g/mol. The number of hydrogen-bond acceptors (Lipinski definition) is 2. The van der Waals surface area contributed by atoms with Crippen molar-refractivity contribution in [3.05, 3.63) is 34.7 Å². The third-order valence-corrected chi connectivity index (χ3v) is 2.68. The highest BCUT2D eigenvalue weighted by Gasteiger charge is 2.02. The van der Waals surface area contributed by atoms with Crippen LogP contribution >= 0.6 is 15.9 Å². The Morgan fingerprint density at radius 3 is 3.21 bits per heavy atom. The van der Waals surface area contributed by atoms with Crippen molar-refractivity contribution in [1.82, 2.24) is 14.7 Å². The molecule has 0 saturated carbocycles. The van der Waals surface area contributed by atoms with Gasteiger partial charge in [0.15, 0.2) is 0 Å². The van der Waals surface area contributed by atoms with E-state index in [0.717, 1.165) is 23.1 Å². The quantitative estimate of drug-likeness (QED) is 0.905. The molecule has 0 amide bonds. The lowest BCUT2D eigenvalue weighted by Crippen LogP contribution is -2.11. The van der Waals surface area contributed by atoms with Crippen molar-refractivity contribution in [2.45, 2.75) is 6.42 Å². The fourth-order valence-corrected chi connectivity index (χ4v) is 1.77. The second-order valence-corrected chi connectivity index (χ2v) is 4.09. The highest BCUT2D eigenvalue weighted by atomic mass is 79.9. The smallest absolute Gasteiger partial charge is 0.138 e. The lowest BCUT2D eigenvalue weighted by Gasteiger charge is -2.00. The first-order chi connectivity index (χ1) is 6.81. The predicted molar refractivity (Wildman–Crippen MR) is 60.5 cm³/mol. The van der Waals surface area contributed by atoms with E-state index in [9.17, 15) is 0 Å². The van der Waals surface area contributed by atoms with Crippen LogP contribution in [0, 0.1) is 0 Å². The molecule has 0 aliphatic heterocycles. The Balaban J connectivity index is 2.37. The molecular formula is C10H12BrN3. The third-order valence-electron chi connectivity index (χ3n) is 2.18. The molecule has 2 aromatic heterocycles. The van der Waals surface area contributed by atoms with Crippen LogP contribution in [-0.2, 0) is 6.42 Å². The second-order valence-electron chi connectivity index (χ2n) is 3.18. The van der Waals surface area contributed by atoms with Gasteiger partial charge in [0.2, 0.25) is 0 Å². The highest BCUT2D eigenvalue weighted by Crippen LogP contribution is 2.14. The number of fused-ring (bicyclic) bond motifs is 1. The molecular weight excluding hydrogens is 242 g/mol. The van der Waals surface area contributed by atoms with Gasteiger partial charge < -0.3 is 9.72 Å². The maximum atomic E-state index is 4.34. The topological polar surface area (TPSA) is 29.3 Å². The summed E-state index contributed by atoms with van der Waals surface area (Å²) in [5.74, 6) is 0. The summed E-state index contributed by atoms with van der Waals surface area (Å²) < 4.78 is 3.18. The van der Waals surface area contributed by atoms with Crippen LogP contribution < -0.4 is 5.32 Å². The SMILES string of the molecule is CNCCc1cnc2cc(Br)ccn12. The summed E-state index contributed by atoms with van der Waals surface area (Å²) in [4.78, 5) is 4.34. The van der Waals surface area contributed by atoms with Gasteiger partial charge >= 0.3 is 0 Å². The molecule has 0 atom stereocenters. The molecule has 2 heterocycles. The number of nitrogens with zero attached hydrogens (tertiary/aromatic N) is 2. The third kappa shape index (κ3) is 1.81. The maximum Gasteiger partial charge on any atom is 0.138 e. The molecule has 2 aromatic rings. The van der Waals surface area contributed by atoms with Crippen LogP contribution in [-0.4, -0.2) is 23.0 Å². The summed E-state index contributed by atoms with van der Waals surface area (Å²) >= 11 is 3.43. The van der Waals surface area contributed by atoms with Crippen LogP contribution in [0.4, 0.5) is 0 Å². The van der Waals surface area contributed by atoms with E-state index in [4.69, 9.17) is 0 Å². The van der Waals surface area contributed by atoms with E-state index in [-0.39, 0.29) is 0 Å². The van der Waals surface area contributed by atoms with Gasteiger partial charge in [-0.15, -0.1) is 0 Å². The van der Waals surface area contributed by atoms with E-state index in [1.807, 2.05) is 31.6 Å². The summed E-state index contributed by atoms with van der Waals surface area (Å²) in [7, 11) is 1.96. The van der Waals surface area contributed by atoms with Gasteiger partial charge in [-0.2, -0.15) is 0 Å². The van der Waals surface area contributed by atoms with Crippen molar-refractivity contribution in [1.29, 1.82) is 0 Å². The van der Waals surface area contributed by atoms with Gasteiger partial charge in [0, 0.05) is 35.5 Å². The van der Waals surface area contributed by atoms with E-state index < -0.39 is 0 Å². The number of pyridine rings is 1. The first-order valence-electron chi connectivity index (χ1n) is 4.57. The first kappa shape index (κ1) is 9.68. The summed E-state index contributed by atoms with van der Waals surface area (Å²) in [5, 5.41) is 3.13. The Hall–Kier alpha value is -0.870. The van der Waals surface area contributed by atoms with Crippen molar-refractivity contribution in [2.24, 2.45) is 0 Å². The number of halogens is 1. The molecule has 2 rings (SSSR count). The van der Waals surface area contributed by atoms with Crippen molar-refractivity contribution < 1.29 is 0 Å². The predicted octanol–water partition coefficient (Wildman–Crippen LogP) is 1.86. The first-order valence-corrected chi connectivity index (χ1v) is 5.36. The zero-order valence-electron chi connectivity index (χ0n) is 8.00. The van der Waals surface area contributed by atoms with Gasteiger partial charge in [0.05, 0.1) is 0 Å². The van der Waals surface area contributed by atoms with E-state index >= 15 is 0 Å². The molecule has 1 N–H and O–H groups in total. The van der Waals surface area contributed by atoms with Gasteiger partial charge in [-0.1, -0.05) is 15.9 Å². The summed E-state index contributed by atoms with van der Waals surface area (Å²) in [6.45, 7) is 0.976. The molecule has 0 radical (unpaired) electrons. The molecule has 4 heteroatoms. The van der Waals surface area contributed by atoms with Crippen LogP contribution in [0.5, 0.6) is 0 Å². The zero-order chi connectivity index (χ0) is 9.97. The zero-order valence-corrected chi connectivity index (χ0v) is 9.58. The van der Waals surface area contributed by atoms with Crippen molar-refractivity contribution in [3.8, 4) is 0 Å². The van der Waals surface area contributed by atoms with Crippen LogP contribution in [0.3, 0.4) is 0 Å². The van der Waals surface area contributed by atoms with E-state index in [1.54, 1.807) is 0 Å². The van der Waals surface area contributed by atoms with Gasteiger partial charge in [-0.3, -0.25) is 0 Å². The van der Waals surface area contributed by atoms with Crippen molar-refractivity contribution in [2.75, 3.05) is 13.6 Å². The van der Waals surface area contributed by atoms with Gasteiger partial charge in [-0.05, 0) is 19.2 Å². The second kappa shape index (κ2) is 4.11. The minimum Gasteiger partial charge on any atom is -0.319 e. The van der Waals surface area contributed by atoms with Crippen molar-refractivity contribution in [3.63, 3.8) is 0 Å². The fraction of sp³-hybridized carbons (Fsp3) is 0.300. The molecule has 74 valence electrons. The van der Waals surface area contributed by atoms with Gasteiger partial charge in [0.25, 0.3) is 0 Å². The number of hydrogen-bond donors (Lipinski definition) is 1. The summed E-state index contributed by atoms with van der Waals surface area (Å²) in [6, 6.07) is 4.04. The molecule has 0 spiro atoms. The van der Waals surface area contributed by atoms with E-state index in [0.29, 0.717) is 0 Å². The van der Waals surface area contributed by atoms with Crippen LogP contribution in [0.2, 0.25) is 0 Å². The van der Waals surface area contributed by atoms with Crippen LogP contribution in [0.15, 0.2) is 29.0 Å². The van der Waals surface area contributed by atoms with Gasteiger partial charge in [0.1, 0.15) is 5.65 Å². The molecule has 14 heavy (non-hydrogen) atoms. The lowest BCUT2D eigenvalue weighted by atomic mass is 10.3. The Labute approximate surface area is 91.3 Å². The van der Waals surface area contributed by atoms with Gasteiger partial charge in [-0.25, -0.2) is 4.98 Å². The number of nitrogens with one attached hydrogen (secondary N) is 1. The highest BCUT2D eigenvalue weighted by molar-refractivity contribution is 9.10. The summed E-state index contributed by atoms with van der Waals surface area (Å²) in [5.41, 5.74) is 2.23. The molecule has 0 saturated heterocycles. The Bertz CT molecular complexity index is 436. The normalized spacial score (nSPS) is 11.0. The average Bonchev–Trinajstić information content (AvgIpc) is 2.57. The van der Waals surface area contributed by atoms with E-state index in [2.05, 4.69) is 30.6 Å². The molecule has 0 unspecified atom stereocenters. The standard InChI is InChI=1S/C10H12BrN3/c1-12-4-2-9-7-13-10-6-8(11)3-5-14(9)10/h3,5-7,12H,2,4H2,1H3. The largest absolute Gasteiger partial charge is 0.319 e. The maximum absolute atomic E-state index is 4.34. The Morgan fingerprint density at radius 1 is 1.57 bits per heavy atom. The molecule has 3 nitrogen and oxygen atoms in total. The molecule has 0 bridgehead atoms. The Morgan fingerprint density at radius 2 is 2.43 bits per heavy atom. The number of rotatable bonds is 3. The monoisotopic (exact) mass is 253 g/mol. The molecule has 0 aliphatic carbocycles. The Kier molecular flexibility index (Phi) is 2.84. The molecule has 0 aliphatic rings. The van der Waals surface area contributed by atoms with Crippen LogP contribution in [0.1, 0.15) is 5.69 Å². The number of imidazole rings is 1. The minimum absolute atomic E-state index is 0.976.